The molecular weight excluding hydrogens is 302 g/mol. The van der Waals surface area contributed by atoms with E-state index in [-0.39, 0.29) is 34.9 Å². The summed E-state index contributed by atoms with van der Waals surface area (Å²) in [6.07, 6.45) is 1.71. The zero-order chi connectivity index (χ0) is 14.0. The fourth-order valence-corrected chi connectivity index (χ4v) is 2.73. The first kappa shape index (κ1) is 17.2. The van der Waals surface area contributed by atoms with Gasteiger partial charge in [-0.15, -0.1) is 12.4 Å². The van der Waals surface area contributed by atoms with E-state index in [9.17, 15) is 9.18 Å². The maximum atomic E-state index is 13.7. The minimum absolute atomic E-state index is 0. The molecule has 112 valence electrons. The van der Waals surface area contributed by atoms with Gasteiger partial charge in [0.05, 0.1) is 10.6 Å². The van der Waals surface area contributed by atoms with Crippen molar-refractivity contribution in [1.29, 1.82) is 0 Å². The number of piperidine rings is 1. The van der Waals surface area contributed by atoms with Crippen LogP contribution in [0, 0.1) is 11.7 Å². The van der Waals surface area contributed by atoms with Crippen LogP contribution in [-0.2, 0) is 0 Å². The average Bonchev–Trinajstić information content (AvgIpc) is 2.38. The predicted octanol–water partition coefficient (Wildman–Crippen LogP) is 3.10. The third kappa shape index (κ3) is 3.62. The summed E-state index contributed by atoms with van der Waals surface area (Å²) in [6.45, 7) is 3.20. The number of hydrogen-bond donors (Lipinski definition) is 1. The van der Waals surface area contributed by atoms with Crippen molar-refractivity contribution >= 4 is 29.9 Å². The molecule has 0 aliphatic carbocycles. The van der Waals surface area contributed by atoms with Crippen LogP contribution in [0.2, 0.25) is 5.02 Å². The van der Waals surface area contributed by atoms with E-state index in [2.05, 4.69) is 0 Å². The largest absolute Gasteiger partial charge is 0.338 e. The van der Waals surface area contributed by atoms with Gasteiger partial charge in [0.2, 0.25) is 0 Å². The Morgan fingerprint density at radius 1 is 1.45 bits per heavy atom. The highest BCUT2D eigenvalue weighted by Gasteiger charge is 2.27. The topological polar surface area (TPSA) is 46.3 Å². The van der Waals surface area contributed by atoms with E-state index in [1.165, 1.54) is 18.2 Å². The lowest BCUT2D eigenvalue weighted by Gasteiger charge is -2.34. The number of likely N-dealkylation sites (tertiary alicyclic amines) is 1. The smallest absolute Gasteiger partial charge is 0.258 e. The second kappa shape index (κ2) is 7.25. The fraction of sp³-hybridized carbons (Fsp3) is 0.500. The van der Waals surface area contributed by atoms with Crippen LogP contribution in [0.25, 0.3) is 0 Å². The molecule has 1 unspecified atom stereocenters. The van der Waals surface area contributed by atoms with E-state index in [1.807, 2.05) is 6.92 Å². The van der Waals surface area contributed by atoms with Gasteiger partial charge in [0.15, 0.2) is 0 Å². The average molecular weight is 321 g/mol. The summed E-state index contributed by atoms with van der Waals surface area (Å²) in [7, 11) is 0. The highest BCUT2D eigenvalue weighted by Crippen LogP contribution is 2.25. The Hall–Kier alpha value is -0.840. The SMILES string of the molecule is CC(N)C1CCN(C(=O)c2c(F)cccc2Cl)CC1.Cl. The summed E-state index contributed by atoms with van der Waals surface area (Å²) in [5.41, 5.74) is 5.84. The molecule has 6 heteroatoms. The molecule has 0 radical (unpaired) electrons. The highest BCUT2D eigenvalue weighted by molar-refractivity contribution is 6.33. The van der Waals surface area contributed by atoms with Crippen LogP contribution >= 0.6 is 24.0 Å². The Bertz CT molecular complexity index is 454. The Morgan fingerprint density at radius 2 is 2.05 bits per heavy atom. The number of rotatable bonds is 2. The molecule has 1 aliphatic heterocycles. The van der Waals surface area contributed by atoms with Gasteiger partial charge in [-0.25, -0.2) is 4.39 Å². The summed E-state index contributed by atoms with van der Waals surface area (Å²) in [6, 6.07) is 4.42. The molecule has 2 rings (SSSR count). The monoisotopic (exact) mass is 320 g/mol. The zero-order valence-electron chi connectivity index (χ0n) is 11.3. The van der Waals surface area contributed by atoms with Crippen molar-refractivity contribution in [1.82, 2.24) is 4.90 Å². The molecule has 1 aromatic rings. The highest BCUT2D eigenvalue weighted by atomic mass is 35.5. The molecule has 2 N–H and O–H groups in total. The Balaban J connectivity index is 0.00000200. The maximum Gasteiger partial charge on any atom is 0.258 e. The van der Waals surface area contributed by atoms with Crippen molar-refractivity contribution in [2.24, 2.45) is 11.7 Å². The van der Waals surface area contributed by atoms with Gasteiger partial charge in [-0.1, -0.05) is 17.7 Å². The van der Waals surface area contributed by atoms with E-state index >= 15 is 0 Å². The minimum Gasteiger partial charge on any atom is -0.338 e. The molecule has 0 spiro atoms. The molecule has 1 fully saturated rings. The first-order chi connectivity index (χ1) is 9.00. The molecule has 0 bridgehead atoms. The van der Waals surface area contributed by atoms with E-state index in [0.717, 1.165) is 12.8 Å². The second-order valence-corrected chi connectivity index (χ2v) is 5.49. The van der Waals surface area contributed by atoms with Gasteiger partial charge in [0, 0.05) is 19.1 Å². The second-order valence-electron chi connectivity index (χ2n) is 5.09. The minimum atomic E-state index is -0.563. The van der Waals surface area contributed by atoms with Crippen LogP contribution in [0.3, 0.4) is 0 Å². The number of carbonyl (C=O) groups excluding carboxylic acids is 1. The third-order valence-corrected chi connectivity index (χ3v) is 4.06. The maximum absolute atomic E-state index is 13.7. The molecule has 1 aliphatic rings. The summed E-state index contributed by atoms with van der Waals surface area (Å²) in [5.74, 6) is -0.460. The van der Waals surface area contributed by atoms with Crippen molar-refractivity contribution < 1.29 is 9.18 Å². The van der Waals surface area contributed by atoms with Crippen molar-refractivity contribution in [2.45, 2.75) is 25.8 Å². The van der Waals surface area contributed by atoms with Crippen molar-refractivity contribution in [3.8, 4) is 0 Å². The van der Waals surface area contributed by atoms with Crippen LogP contribution in [0.5, 0.6) is 0 Å². The Labute approximate surface area is 129 Å². The van der Waals surface area contributed by atoms with Crippen LogP contribution in [-0.4, -0.2) is 29.9 Å². The molecule has 1 saturated heterocycles. The number of nitrogens with zero attached hydrogens (tertiary/aromatic N) is 1. The van der Waals surface area contributed by atoms with E-state index in [4.69, 9.17) is 17.3 Å². The van der Waals surface area contributed by atoms with Crippen LogP contribution in [0.4, 0.5) is 4.39 Å². The first-order valence-corrected chi connectivity index (χ1v) is 6.87. The van der Waals surface area contributed by atoms with Crippen molar-refractivity contribution in [3.05, 3.63) is 34.6 Å². The molecule has 1 atom stereocenters. The lowest BCUT2D eigenvalue weighted by Crippen LogP contribution is -2.42. The number of benzene rings is 1. The van der Waals surface area contributed by atoms with E-state index in [0.29, 0.717) is 19.0 Å². The quantitative estimate of drug-likeness (QED) is 0.910. The fourth-order valence-electron chi connectivity index (χ4n) is 2.49. The normalized spacial score (nSPS) is 17.5. The lowest BCUT2D eigenvalue weighted by molar-refractivity contribution is 0.0676. The summed E-state index contributed by atoms with van der Waals surface area (Å²) in [5, 5.41) is 0.166. The Kier molecular flexibility index (Phi) is 6.24. The van der Waals surface area contributed by atoms with Crippen LogP contribution in [0.15, 0.2) is 18.2 Å². The molecule has 0 saturated carbocycles. The summed E-state index contributed by atoms with van der Waals surface area (Å²) >= 11 is 5.92. The molecule has 1 heterocycles. The number of halogens is 3. The van der Waals surface area contributed by atoms with Crippen molar-refractivity contribution in [2.75, 3.05) is 13.1 Å². The van der Waals surface area contributed by atoms with Gasteiger partial charge in [-0.2, -0.15) is 0 Å². The van der Waals surface area contributed by atoms with Gasteiger partial charge in [-0.05, 0) is 37.8 Å². The Morgan fingerprint density at radius 3 is 2.55 bits per heavy atom. The van der Waals surface area contributed by atoms with E-state index < -0.39 is 5.82 Å². The number of nitrogens with two attached hydrogens (primary N) is 1. The van der Waals surface area contributed by atoms with Crippen molar-refractivity contribution in [3.63, 3.8) is 0 Å². The lowest BCUT2D eigenvalue weighted by atomic mass is 9.90. The summed E-state index contributed by atoms with van der Waals surface area (Å²) in [4.78, 5) is 13.9. The molecule has 1 aromatic carbocycles. The zero-order valence-corrected chi connectivity index (χ0v) is 12.9. The number of hydrogen-bond acceptors (Lipinski definition) is 2. The summed E-state index contributed by atoms with van der Waals surface area (Å²) < 4.78 is 13.7. The molecule has 3 nitrogen and oxygen atoms in total. The third-order valence-electron chi connectivity index (χ3n) is 3.75. The molecule has 20 heavy (non-hydrogen) atoms. The van der Waals surface area contributed by atoms with Gasteiger partial charge in [0.1, 0.15) is 5.82 Å². The molecule has 0 aromatic heterocycles. The predicted molar refractivity (Wildman–Crippen MR) is 80.9 cm³/mol. The first-order valence-electron chi connectivity index (χ1n) is 6.49. The standard InChI is InChI=1S/C14H18ClFN2O.ClH/c1-9(17)10-5-7-18(8-6-10)14(19)13-11(15)3-2-4-12(13)16;/h2-4,9-10H,5-8,17H2,1H3;1H. The van der Waals surface area contributed by atoms with Crippen LogP contribution < -0.4 is 5.73 Å². The number of carbonyl (C=O) groups is 1. The van der Waals surface area contributed by atoms with Gasteiger partial charge in [-0.3, -0.25) is 4.79 Å². The van der Waals surface area contributed by atoms with Gasteiger partial charge < -0.3 is 10.6 Å². The molecular formula is C14H19Cl2FN2O. The number of amides is 1. The van der Waals surface area contributed by atoms with Gasteiger partial charge in [0.25, 0.3) is 5.91 Å². The molecule has 1 amide bonds. The van der Waals surface area contributed by atoms with Gasteiger partial charge >= 0.3 is 0 Å². The van der Waals surface area contributed by atoms with E-state index in [1.54, 1.807) is 4.90 Å². The van der Waals surface area contributed by atoms with Crippen LogP contribution in [0.1, 0.15) is 30.1 Å².